The molecule has 0 spiro atoms. The quantitative estimate of drug-likeness (QED) is 0.262. The Labute approximate surface area is 102 Å². The van der Waals surface area contributed by atoms with Crippen LogP contribution in [0, 0.1) is 10.1 Å². The highest BCUT2D eigenvalue weighted by atomic mass is 16.6. The normalized spacial score (nSPS) is 13.4. The highest BCUT2D eigenvalue weighted by molar-refractivity contribution is 5.34. The maximum Gasteiger partial charge on any atom is 0.269 e. The van der Waals surface area contributed by atoms with Crippen molar-refractivity contribution in [2.45, 2.75) is 18.6 Å². The molecule has 0 aromatic heterocycles. The Hall–Kier alpha value is -2.15. The summed E-state index contributed by atoms with van der Waals surface area (Å²) in [5, 5.41) is 33.1. The minimum Gasteiger partial charge on any atom is -0.390 e. The van der Waals surface area contributed by atoms with Crippen molar-refractivity contribution in [3.8, 4) is 0 Å². The molecule has 0 aliphatic rings. The van der Waals surface area contributed by atoms with Crippen molar-refractivity contribution in [2.75, 3.05) is 6.54 Å². The largest absolute Gasteiger partial charge is 0.390 e. The van der Waals surface area contributed by atoms with Gasteiger partial charge in [0, 0.05) is 23.6 Å². The molecule has 8 nitrogen and oxygen atoms in total. The van der Waals surface area contributed by atoms with E-state index < -0.39 is 17.1 Å². The maximum absolute atomic E-state index is 10.4. The van der Waals surface area contributed by atoms with E-state index in [1.165, 1.54) is 24.3 Å². The number of non-ortho nitro benzene ring substituents is 1. The Morgan fingerprint density at radius 3 is 2.50 bits per heavy atom. The van der Waals surface area contributed by atoms with Crippen molar-refractivity contribution in [3.05, 3.63) is 50.4 Å². The van der Waals surface area contributed by atoms with Crippen LogP contribution in [0.15, 0.2) is 29.4 Å². The van der Waals surface area contributed by atoms with Crippen LogP contribution in [0.3, 0.4) is 0 Å². The molecular weight excluding hydrogens is 240 g/mol. The zero-order chi connectivity index (χ0) is 13.5. The van der Waals surface area contributed by atoms with E-state index in [0.29, 0.717) is 5.56 Å². The molecular formula is C10H12N4O4. The van der Waals surface area contributed by atoms with Gasteiger partial charge in [-0.05, 0) is 29.6 Å². The fourth-order valence-electron chi connectivity index (χ4n) is 1.41. The van der Waals surface area contributed by atoms with Gasteiger partial charge in [0.15, 0.2) is 0 Å². The number of rotatable bonds is 6. The average Bonchev–Trinajstić information content (AvgIpc) is 2.38. The lowest BCUT2D eigenvalue weighted by Crippen LogP contribution is -2.19. The summed E-state index contributed by atoms with van der Waals surface area (Å²) in [5.74, 6) is 0. The summed E-state index contributed by atoms with van der Waals surface area (Å²) in [4.78, 5) is 12.4. The van der Waals surface area contributed by atoms with Crippen LogP contribution in [-0.2, 0) is 0 Å². The Morgan fingerprint density at radius 2 is 2.00 bits per heavy atom. The summed E-state index contributed by atoms with van der Waals surface area (Å²) < 4.78 is 0. The van der Waals surface area contributed by atoms with E-state index in [-0.39, 0.29) is 18.7 Å². The smallest absolute Gasteiger partial charge is 0.269 e. The van der Waals surface area contributed by atoms with Crippen LogP contribution in [0.4, 0.5) is 5.69 Å². The van der Waals surface area contributed by atoms with Gasteiger partial charge in [0.2, 0.25) is 0 Å². The summed E-state index contributed by atoms with van der Waals surface area (Å²) in [6.45, 7) is 0.0711. The first-order valence-electron chi connectivity index (χ1n) is 5.17. The number of hydrogen-bond acceptors (Lipinski definition) is 5. The van der Waals surface area contributed by atoms with Gasteiger partial charge in [-0.1, -0.05) is 5.11 Å². The molecule has 1 rings (SSSR count). The molecule has 0 amide bonds. The lowest BCUT2D eigenvalue weighted by atomic mass is 10.0. The van der Waals surface area contributed by atoms with E-state index in [4.69, 9.17) is 5.53 Å². The molecule has 0 heterocycles. The van der Waals surface area contributed by atoms with Crippen LogP contribution in [0.5, 0.6) is 0 Å². The van der Waals surface area contributed by atoms with Crippen LogP contribution < -0.4 is 0 Å². The van der Waals surface area contributed by atoms with Gasteiger partial charge < -0.3 is 10.2 Å². The van der Waals surface area contributed by atoms with Crippen molar-refractivity contribution in [1.82, 2.24) is 0 Å². The van der Waals surface area contributed by atoms with E-state index in [0.717, 1.165) is 0 Å². The number of nitrogens with zero attached hydrogens (tertiary/aromatic N) is 4. The molecule has 0 radical (unpaired) electrons. The van der Waals surface area contributed by atoms with E-state index in [2.05, 4.69) is 10.0 Å². The number of hydrogen-bond donors (Lipinski definition) is 2. The van der Waals surface area contributed by atoms with E-state index in [1.54, 1.807) is 0 Å². The lowest BCUT2D eigenvalue weighted by Gasteiger charge is -2.17. The molecule has 2 unspecified atom stereocenters. The molecule has 0 aliphatic heterocycles. The second-order valence-corrected chi connectivity index (χ2v) is 3.60. The average molecular weight is 252 g/mol. The molecule has 0 fully saturated rings. The fraction of sp³-hybridized carbons (Fsp3) is 0.400. The predicted octanol–water partition coefficient (Wildman–Crippen LogP) is 1.69. The summed E-state index contributed by atoms with van der Waals surface area (Å²) in [6.07, 6.45) is -2.14. The summed E-state index contributed by atoms with van der Waals surface area (Å²) in [7, 11) is 0. The highest BCUT2D eigenvalue weighted by Gasteiger charge is 2.18. The third kappa shape index (κ3) is 3.70. The van der Waals surface area contributed by atoms with Gasteiger partial charge in [0.25, 0.3) is 5.69 Å². The number of nitro groups is 1. The second-order valence-electron chi connectivity index (χ2n) is 3.60. The predicted molar refractivity (Wildman–Crippen MR) is 62.7 cm³/mol. The second kappa shape index (κ2) is 6.55. The highest BCUT2D eigenvalue weighted by Crippen LogP contribution is 2.21. The van der Waals surface area contributed by atoms with Gasteiger partial charge in [0.05, 0.1) is 11.0 Å². The van der Waals surface area contributed by atoms with E-state index in [9.17, 15) is 20.3 Å². The molecule has 0 aliphatic carbocycles. The Balaban J connectivity index is 2.68. The van der Waals surface area contributed by atoms with Crippen LogP contribution in [0.25, 0.3) is 10.4 Å². The van der Waals surface area contributed by atoms with Crippen LogP contribution in [-0.4, -0.2) is 27.8 Å². The molecule has 18 heavy (non-hydrogen) atoms. The van der Waals surface area contributed by atoms with Crippen molar-refractivity contribution >= 4 is 5.69 Å². The van der Waals surface area contributed by atoms with Crippen molar-refractivity contribution in [1.29, 1.82) is 0 Å². The Bertz CT molecular complexity index is 455. The zero-order valence-electron chi connectivity index (χ0n) is 9.38. The topological polar surface area (TPSA) is 132 Å². The fourth-order valence-corrected chi connectivity index (χ4v) is 1.41. The summed E-state index contributed by atoms with van der Waals surface area (Å²) >= 11 is 0. The third-order valence-electron chi connectivity index (χ3n) is 2.40. The number of nitro benzene ring substituents is 1. The van der Waals surface area contributed by atoms with Gasteiger partial charge >= 0.3 is 0 Å². The van der Waals surface area contributed by atoms with Gasteiger partial charge in [-0.3, -0.25) is 10.1 Å². The van der Waals surface area contributed by atoms with Crippen LogP contribution >= 0.6 is 0 Å². The van der Waals surface area contributed by atoms with Crippen molar-refractivity contribution in [2.24, 2.45) is 5.11 Å². The van der Waals surface area contributed by atoms with Crippen molar-refractivity contribution in [3.63, 3.8) is 0 Å². The van der Waals surface area contributed by atoms with Crippen LogP contribution in [0.2, 0.25) is 0 Å². The molecule has 2 N–H and O–H groups in total. The van der Waals surface area contributed by atoms with Crippen LogP contribution in [0.1, 0.15) is 18.1 Å². The Kier molecular flexibility index (Phi) is 5.06. The zero-order valence-corrected chi connectivity index (χ0v) is 9.38. The molecule has 2 atom stereocenters. The summed E-state index contributed by atoms with van der Waals surface area (Å²) in [6, 6.07) is 5.25. The molecule has 96 valence electrons. The molecule has 1 aromatic rings. The van der Waals surface area contributed by atoms with Gasteiger partial charge in [-0.15, -0.1) is 0 Å². The minimum absolute atomic E-state index is 0.0711. The molecule has 0 saturated carbocycles. The number of aliphatic hydroxyl groups excluding tert-OH is 2. The molecule has 0 saturated heterocycles. The number of aliphatic hydroxyl groups is 2. The van der Waals surface area contributed by atoms with Crippen molar-refractivity contribution < 1.29 is 15.1 Å². The first-order valence-corrected chi connectivity index (χ1v) is 5.17. The molecule has 1 aromatic carbocycles. The third-order valence-corrected chi connectivity index (χ3v) is 2.40. The first-order chi connectivity index (χ1) is 8.56. The van der Waals surface area contributed by atoms with E-state index in [1.807, 2.05) is 0 Å². The molecule has 8 heteroatoms. The monoisotopic (exact) mass is 252 g/mol. The van der Waals surface area contributed by atoms with Gasteiger partial charge in [-0.2, -0.15) is 0 Å². The molecule has 0 bridgehead atoms. The maximum atomic E-state index is 10.4. The van der Waals surface area contributed by atoms with Gasteiger partial charge in [0.1, 0.15) is 6.10 Å². The Morgan fingerprint density at radius 1 is 1.39 bits per heavy atom. The summed E-state index contributed by atoms with van der Waals surface area (Å²) in [5.41, 5.74) is 8.35. The standard InChI is InChI=1S/C10H12N4O4/c11-13-12-6-5-9(15)10(16)7-1-3-8(4-2-7)14(17)18/h1-4,9-10,15-16H,5-6H2. The SMILES string of the molecule is [N-]=[N+]=NCCC(O)C(O)c1ccc([N+](=O)[O-])cc1. The number of azide groups is 1. The first kappa shape index (κ1) is 13.9. The van der Waals surface area contributed by atoms with E-state index >= 15 is 0 Å². The lowest BCUT2D eigenvalue weighted by molar-refractivity contribution is -0.384. The number of benzene rings is 1. The minimum atomic E-state index is -1.17. The van der Waals surface area contributed by atoms with Gasteiger partial charge in [-0.25, -0.2) is 0 Å².